The second-order valence-corrected chi connectivity index (χ2v) is 5.52. The number of thiophene rings is 1. The molecule has 3 amide bonds. The van der Waals surface area contributed by atoms with E-state index in [1.165, 1.54) is 20.3 Å². The van der Waals surface area contributed by atoms with Crippen LogP contribution in [0.25, 0.3) is 0 Å². The van der Waals surface area contributed by atoms with Gasteiger partial charge in [-0.3, -0.25) is 14.9 Å². The highest BCUT2D eigenvalue weighted by atomic mass is 32.1. The van der Waals surface area contributed by atoms with E-state index in [-0.39, 0.29) is 16.1 Å². The zero-order valence-electron chi connectivity index (χ0n) is 13.7. The first-order valence-corrected chi connectivity index (χ1v) is 7.88. The maximum Gasteiger partial charge on any atom is 0.413 e. The molecular weight excluding hydrogens is 348 g/mol. The van der Waals surface area contributed by atoms with Crippen LogP contribution in [0, 0.1) is 0 Å². The number of methoxy groups -OCH3 is 3. The first-order valence-electron chi connectivity index (χ1n) is 7.01. The van der Waals surface area contributed by atoms with Crippen molar-refractivity contribution >= 4 is 34.2 Å². The molecule has 0 saturated heterocycles. The monoisotopic (exact) mass is 364 g/mol. The second kappa shape index (κ2) is 8.15. The molecule has 0 unspecified atom stereocenters. The lowest BCUT2D eigenvalue weighted by molar-refractivity contribution is 0.0938. The van der Waals surface area contributed by atoms with Crippen LogP contribution in [0.3, 0.4) is 0 Å². The maximum absolute atomic E-state index is 12.6. The van der Waals surface area contributed by atoms with Crippen molar-refractivity contribution in [2.24, 2.45) is 0 Å². The number of hydrogen-bond acceptors (Lipinski definition) is 7. The topological polar surface area (TPSA) is 103 Å². The molecule has 0 aliphatic heterocycles. The van der Waals surface area contributed by atoms with Crippen molar-refractivity contribution in [3.63, 3.8) is 0 Å². The number of imide groups is 1. The molecule has 25 heavy (non-hydrogen) atoms. The SMILES string of the molecule is COC(=O)NC(=O)c1ccsc1NC(=O)c1c(OC)cccc1OC. The van der Waals surface area contributed by atoms with Crippen molar-refractivity contribution in [1.82, 2.24) is 5.32 Å². The molecule has 2 N–H and O–H groups in total. The van der Waals surface area contributed by atoms with Crippen LogP contribution in [0.4, 0.5) is 9.80 Å². The summed E-state index contributed by atoms with van der Waals surface area (Å²) in [6.45, 7) is 0. The van der Waals surface area contributed by atoms with Gasteiger partial charge in [-0.1, -0.05) is 6.07 Å². The number of anilines is 1. The summed E-state index contributed by atoms with van der Waals surface area (Å²) in [5.41, 5.74) is 0.331. The third-order valence-electron chi connectivity index (χ3n) is 3.19. The molecule has 0 bridgehead atoms. The van der Waals surface area contributed by atoms with E-state index in [4.69, 9.17) is 9.47 Å². The van der Waals surface area contributed by atoms with Gasteiger partial charge in [0.1, 0.15) is 22.1 Å². The summed E-state index contributed by atoms with van der Waals surface area (Å²) in [4.78, 5) is 35.9. The number of hydrogen-bond donors (Lipinski definition) is 2. The molecule has 0 fully saturated rings. The van der Waals surface area contributed by atoms with Crippen molar-refractivity contribution in [3.8, 4) is 11.5 Å². The van der Waals surface area contributed by atoms with Crippen LogP contribution in [-0.4, -0.2) is 39.2 Å². The van der Waals surface area contributed by atoms with E-state index in [1.807, 2.05) is 5.32 Å². The van der Waals surface area contributed by atoms with Gasteiger partial charge in [0.2, 0.25) is 0 Å². The first-order chi connectivity index (χ1) is 12.0. The summed E-state index contributed by atoms with van der Waals surface area (Å²) in [5.74, 6) is -0.540. The molecule has 0 spiro atoms. The summed E-state index contributed by atoms with van der Waals surface area (Å²) < 4.78 is 14.8. The van der Waals surface area contributed by atoms with Gasteiger partial charge < -0.3 is 19.5 Å². The van der Waals surface area contributed by atoms with Gasteiger partial charge in [-0.15, -0.1) is 11.3 Å². The van der Waals surface area contributed by atoms with E-state index in [9.17, 15) is 14.4 Å². The molecule has 0 aliphatic rings. The van der Waals surface area contributed by atoms with Gasteiger partial charge in [0, 0.05) is 0 Å². The molecule has 2 aromatic rings. The van der Waals surface area contributed by atoms with E-state index in [0.717, 1.165) is 18.4 Å². The summed E-state index contributed by atoms with van der Waals surface area (Å²) in [5, 5.41) is 6.56. The number of rotatable bonds is 5. The van der Waals surface area contributed by atoms with Crippen LogP contribution in [-0.2, 0) is 4.74 Å². The molecule has 1 aromatic carbocycles. The van der Waals surface area contributed by atoms with Crippen LogP contribution in [0.1, 0.15) is 20.7 Å². The average Bonchev–Trinajstić information content (AvgIpc) is 3.08. The Morgan fingerprint density at radius 1 is 0.960 bits per heavy atom. The molecule has 0 aliphatic carbocycles. The third-order valence-corrected chi connectivity index (χ3v) is 4.02. The highest BCUT2D eigenvalue weighted by Gasteiger charge is 2.22. The van der Waals surface area contributed by atoms with Gasteiger partial charge in [0.25, 0.3) is 11.8 Å². The van der Waals surface area contributed by atoms with Crippen LogP contribution < -0.4 is 20.1 Å². The largest absolute Gasteiger partial charge is 0.496 e. The summed E-state index contributed by atoms with van der Waals surface area (Å²) in [6.07, 6.45) is -0.889. The summed E-state index contributed by atoms with van der Waals surface area (Å²) in [6, 6.07) is 6.42. The molecule has 132 valence electrons. The fourth-order valence-corrected chi connectivity index (χ4v) is 2.82. The van der Waals surface area contributed by atoms with Crippen molar-refractivity contribution in [2.75, 3.05) is 26.6 Å². The second-order valence-electron chi connectivity index (χ2n) is 4.60. The van der Waals surface area contributed by atoms with Gasteiger partial charge in [0.15, 0.2) is 0 Å². The van der Waals surface area contributed by atoms with E-state index < -0.39 is 17.9 Å². The predicted molar refractivity (Wildman–Crippen MR) is 91.7 cm³/mol. The Labute approximate surface area is 147 Å². The van der Waals surface area contributed by atoms with Crippen LogP contribution in [0.5, 0.6) is 11.5 Å². The number of carbonyl (C=O) groups excluding carboxylic acids is 3. The van der Waals surface area contributed by atoms with Crippen molar-refractivity contribution in [3.05, 3.63) is 40.8 Å². The van der Waals surface area contributed by atoms with Crippen LogP contribution in [0.15, 0.2) is 29.6 Å². The summed E-state index contributed by atoms with van der Waals surface area (Å²) >= 11 is 1.14. The van der Waals surface area contributed by atoms with Crippen molar-refractivity contribution in [2.45, 2.75) is 0 Å². The van der Waals surface area contributed by atoms with Gasteiger partial charge >= 0.3 is 6.09 Å². The lowest BCUT2D eigenvalue weighted by Gasteiger charge is -2.13. The van der Waals surface area contributed by atoms with Gasteiger partial charge in [-0.2, -0.15) is 0 Å². The molecule has 8 nitrogen and oxygen atoms in total. The Bertz CT molecular complexity index is 779. The molecule has 9 heteroatoms. The third kappa shape index (κ3) is 4.07. The van der Waals surface area contributed by atoms with E-state index in [0.29, 0.717) is 11.5 Å². The Morgan fingerprint density at radius 3 is 2.16 bits per heavy atom. The Balaban J connectivity index is 2.27. The zero-order chi connectivity index (χ0) is 18.4. The Morgan fingerprint density at radius 2 is 1.60 bits per heavy atom. The number of amides is 3. The molecule has 0 saturated carbocycles. The first kappa shape index (κ1) is 18.3. The average molecular weight is 364 g/mol. The molecular formula is C16H16N2O6S. The van der Waals surface area contributed by atoms with Gasteiger partial charge in [-0.05, 0) is 23.6 Å². The van der Waals surface area contributed by atoms with Gasteiger partial charge in [0.05, 0.1) is 26.9 Å². The van der Waals surface area contributed by atoms with Crippen molar-refractivity contribution < 1.29 is 28.6 Å². The molecule has 0 radical (unpaired) electrons. The lowest BCUT2D eigenvalue weighted by Crippen LogP contribution is -2.30. The summed E-state index contributed by atoms with van der Waals surface area (Å²) in [7, 11) is 4.02. The number of ether oxygens (including phenoxy) is 3. The fraction of sp³-hybridized carbons (Fsp3) is 0.188. The molecule has 1 heterocycles. The fourth-order valence-electron chi connectivity index (χ4n) is 2.04. The quantitative estimate of drug-likeness (QED) is 0.845. The molecule has 2 rings (SSSR count). The number of benzene rings is 1. The molecule has 0 atom stereocenters. The smallest absolute Gasteiger partial charge is 0.413 e. The van der Waals surface area contributed by atoms with E-state index >= 15 is 0 Å². The van der Waals surface area contributed by atoms with E-state index in [2.05, 4.69) is 10.1 Å². The zero-order valence-corrected chi connectivity index (χ0v) is 14.6. The number of nitrogens with one attached hydrogen (secondary N) is 2. The number of carbonyl (C=O) groups is 3. The Hall–Kier alpha value is -3.07. The van der Waals surface area contributed by atoms with Crippen LogP contribution in [0.2, 0.25) is 0 Å². The molecule has 1 aromatic heterocycles. The van der Waals surface area contributed by atoms with Crippen molar-refractivity contribution in [1.29, 1.82) is 0 Å². The van der Waals surface area contributed by atoms with Gasteiger partial charge in [-0.25, -0.2) is 4.79 Å². The van der Waals surface area contributed by atoms with Crippen LogP contribution >= 0.6 is 11.3 Å². The lowest BCUT2D eigenvalue weighted by atomic mass is 10.1. The number of alkyl carbamates (subject to hydrolysis) is 1. The highest BCUT2D eigenvalue weighted by molar-refractivity contribution is 7.14. The predicted octanol–water partition coefficient (Wildman–Crippen LogP) is 2.51. The standard InChI is InChI=1S/C16H16N2O6S/c1-22-10-5-4-6-11(23-2)12(10)14(20)17-15-9(7-8-25-15)13(19)18-16(21)24-3/h4-8H,1-3H3,(H,17,20)(H,18,19,21). The highest BCUT2D eigenvalue weighted by Crippen LogP contribution is 2.31. The minimum Gasteiger partial charge on any atom is -0.496 e. The minimum atomic E-state index is -0.889. The minimum absolute atomic E-state index is 0.137. The van der Waals surface area contributed by atoms with E-state index in [1.54, 1.807) is 23.6 Å². The Kier molecular flexibility index (Phi) is 5.96. The maximum atomic E-state index is 12.6. The normalized spacial score (nSPS) is 9.88.